The lowest BCUT2D eigenvalue weighted by atomic mass is 9.96. The first kappa shape index (κ1) is 23.9. The van der Waals surface area contributed by atoms with Crippen molar-refractivity contribution in [2.45, 2.75) is 61.9 Å². The van der Waals surface area contributed by atoms with Gasteiger partial charge in [-0.1, -0.05) is 19.3 Å². The van der Waals surface area contributed by atoms with E-state index in [-0.39, 0.29) is 29.9 Å². The summed E-state index contributed by atoms with van der Waals surface area (Å²) in [6.07, 6.45) is 5.78. The number of urea groups is 1. The summed E-state index contributed by atoms with van der Waals surface area (Å²) in [4.78, 5) is 23.8. The molecule has 1 aliphatic carbocycles. The van der Waals surface area contributed by atoms with Crippen molar-refractivity contribution >= 4 is 22.0 Å². The molecule has 1 aliphatic rings. The molecule has 2 rings (SSSR count). The van der Waals surface area contributed by atoms with Crippen LogP contribution in [0.5, 0.6) is 5.75 Å². The van der Waals surface area contributed by atoms with Crippen LogP contribution in [0.1, 0.15) is 44.9 Å². The molecular weight excluding hydrogens is 412 g/mol. The van der Waals surface area contributed by atoms with E-state index in [9.17, 15) is 18.0 Å². The Balaban J connectivity index is 1.84. The predicted octanol–water partition coefficient (Wildman–Crippen LogP) is 1.26. The maximum absolute atomic E-state index is 12.5. The highest BCUT2D eigenvalue weighted by Crippen LogP contribution is 2.17. The normalized spacial score (nSPS) is 15.8. The van der Waals surface area contributed by atoms with Crippen molar-refractivity contribution in [3.05, 3.63) is 24.3 Å². The number of methoxy groups -OCH3 is 1. The zero-order valence-electron chi connectivity index (χ0n) is 17.0. The second-order valence-corrected chi connectivity index (χ2v) is 8.92. The Bertz CT molecular complexity index is 794. The van der Waals surface area contributed by atoms with Gasteiger partial charge in [-0.3, -0.25) is 10.0 Å². The summed E-state index contributed by atoms with van der Waals surface area (Å²) in [6.45, 7) is 0.262. The summed E-state index contributed by atoms with van der Waals surface area (Å²) in [6, 6.07) is 4.41. The molecule has 30 heavy (non-hydrogen) atoms. The van der Waals surface area contributed by atoms with E-state index in [0.29, 0.717) is 12.2 Å². The largest absolute Gasteiger partial charge is 0.497 e. The van der Waals surface area contributed by atoms with Gasteiger partial charge in [0.1, 0.15) is 11.8 Å². The maximum Gasteiger partial charge on any atom is 0.315 e. The van der Waals surface area contributed by atoms with Crippen LogP contribution in [0, 0.1) is 0 Å². The van der Waals surface area contributed by atoms with Crippen molar-refractivity contribution < 1.29 is 28.0 Å². The molecule has 1 saturated carbocycles. The molecule has 168 valence electrons. The number of ether oxygens (including phenoxy) is 1. The number of sulfonamides is 1. The van der Waals surface area contributed by atoms with E-state index in [2.05, 4.69) is 15.4 Å². The van der Waals surface area contributed by atoms with E-state index < -0.39 is 22.0 Å². The van der Waals surface area contributed by atoms with Gasteiger partial charge >= 0.3 is 6.03 Å². The quantitative estimate of drug-likeness (QED) is 0.209. The number of amides is 3. The Hall–Kier alpha value is -2.37. The summed E-state index contributed by atoms with van der Waals surface area (Å²) < 4.78 is 32.3. The summed E-state index contributed by atoms with van der Waals surface area (Å²) >= 11 is 0. The number of rotatable bonds is 10. The third kappa shape index (κ3) is 7.47. The summed E-state index contributed by atoms with van der Waals surface area (Å²) in [5, 5.41) is 14.6. The minimum absolute atomic E-state index is 0.0379. The van der Waals surface area contributed by atoms with Crippen molar-refractivity contribution in [1.29, 1.82) is 0 Å². The van der Waals surface area contributed by atoms with Crippen molar-refractivity contribution in [2.24, 2.45) is 0 Å². The van der Waals surface area contributed by atoms with E-state index in [0.717, 1.165) is 25.7 Å². The second kappa shape index (κ2) is 11.7. The van der Waals surface area contributed by atoms with Gasteiger partial charge in [-0.25, -0.2) is 18.7 Å². The molecule has 0 unspecified atom stereocenters. The number of nitrogens with one attached hydrogen (secondary N) is 4. The van der Waals surface area contributed by atoms with Gasteiger partial charge < -0.3 is 15.4 Å². The van der Waals surface area contributed by atoms with Crippen molar-refractivity contribution in [3.63, 3.8) is 0 Å². The fourth-order valence-corrected chi connectivity index (χ4v) is 4.55. The van der Waals surface area contributed by atoms with Gasteiger partial charge in [-0.15, -0.1) is 0 Å². The third-order valence-corrected chi connectivity index (χ3v) is 6.48. The molecule has 1 aromatic carbocycles. The zero-order valence-corrected chi connectivity index (χ0v) is 17.8. The van der Waals surface area contributed by atoms with Crippen LogP contribution in [0.25, 0.3) is 0 Å². The lowest BCUT2D eigenvalue weighted by Crippen LogP contribution is -2.46. The Kier molecular flexibility index (Phi) is 9.34. The average Bonchev–Trinajstić information content (AvgIpc) is 2.76. The first-order valence-electron chi connectivity index (χ1n) is 10.0. The minimum Gasteiger partial charge on any atom is -0.497 e. The summed E-state index contributed by atoms with van der Waals surface area (Å²) in [5.74, 6) is -0.380. The van der Waals surface area contributed by atoms with E-state index in [1.165, 1.54) is 43.3 Å². The molecule has 0 saturated heterocycles. The van der Waals surface area contributed by atoms with Crippen LogP contribution < -0.4 is 25.6 Å². The molecule has 5 N–H and O–H groups in total. The van der Waals surface area contributed by atoms with Crippen LogP contribution >= 0.6 is 0 Å². The lowest BCUT2D eigenvalue weighted by molar-refractivity contribution is -0.131. The molecule has 3 amide bonds. The molecule has 0 radical (unpaired) electrons. The van der Waals surface area contributed by atoms with Crippen molar-refractivity contribution in [2.75, 3.05) is 13.7 Å². The lowest BCUT2D eigenvalue weighted by Gasteiger charge is -2.23. The predicted molar refractivity (Wildman–Crippen MR) is 110 cm³/mol. The molecule has 1 fully saturated rings. The Morgan fingerprint density at radius 1 is 1.17 bits per heavy atom. The standard InChI is InChI=1S/C19H30N4O6S/c1-29-15-9-11-16(12-10-15)30(27,28)23-17(18(24)22-26)8-5-13-20-19(25)21-14-6-3-2-4-7-14/h9-12,14,17,23,26H,2-8,13H2,1H3,(H,22,24)(H2,20,21,25)/t17-/m0/s1. The topological polar surface area (TPSA) is 146 Å². The molecule has 1 atom stereocenters. The van der Waals surface area contributed by atoms with Crippen LogP contribution in [-0.4, -0.2) is 51.3 Å². The van der Waals surface area contributed by atoms with Crippen LogP contribution in [0.15, 0.2) is 29.2 Å². The van der Waals surface area contributed by atoms with Crippen molar-refractivity contribution in [1.82, 2.24) is 20.8 Å². The zero-order chi connectivity index (χ0) is 22.0. The number of benzene rings is 1. The molecular formula is C19H30N4O6S. The highest BCUT2D eigenvalue weighted by molar-refractivity contribution is 7.89. The highest BCUT2D eigenvalue weighted by Gasteiger charge is 2.25. The van der Waals surface area contributed by atoms with Gasteiger partial charge in [0.05, 0.1) is 12.0 Å². The Labute approximate surface area is 176 Å². The van der Waals surface area contributed by atoms with Crippen LogP contribution in [-0.2, 0) is 14.8 Å². The first-order chi connectivity index (χ1) is 14.4. The highest BCUT2D eigenvalue weighted by atomic mass is 32.2. The first-order valence-corrected chi connectivity index (χ1v) is 11.5. The minimum atomic E-state index is -3.99. The van der Waals surface area contributed by atoms with E-state index in [4.69, 9.17) is 9.94 Å². The van der Waals surface area contributed by atoms with E-state index in [1.54, 1.807) is 0 Å². The van der Waals surface area contributed by atoms with Crippen molar-refractivity contribution in [3.8, 4) is 5.75 Å². The molecule has 0 bridgehead atoms. The smallest absolute Gasteiger partial charge is 0.315 e. The summed E-state index contributed by atoms with van der Waals surface area (Å²) in [7, 11) is -2.52. The molecule has 0 spiro atoms. The van der Waals surface area contributed by atoms with Gasteiger partial charge in [0, 0.05) is 12.6 Å². The molecule has 0 aliphatic heterocycles. The molecule has 1 aromatic rings. The third-order valence-electron chi connectivity index (χ3n) is 4.99. The second-order valence-electron chi connectivity index (χ2n) is 7.20. The van der Waals surface area contributed by atoms with Gasteiger partial charge in [0.25, 0.3) is 5.91 Å². The molecule has 11 heteroatoms. The monoisotopic (exact) mass is 442 g/mol. The van der Waals surface area contributed by atoms with Gasteiger partial charge in [-0.2, -0.15) is 4.72 Å². The summed E-state index contributed by atoms with van der Waals surface area (Å²) in [5.41, 5.74) is 1.48. The average molecular weight is 443 g/mol. The fraction of sp³-hybridized carbons (Fsp3) is 0.579. The number of carbonyl (C=O) groups is 2. The Morgan fingerprint density at radius 2 is 1.83 bits per heavy atom. The van der Waals surface area contributed by atoms with Gasteiger partial charge in [-0.05, 0) is 49.9 Å². The van der Waals surface area contributed by atoms with E-state index in [1.807, 2.05) is 0 Å². The number of hydrogen-bond donors (Lipinski definition) is 5. The molecule has 0 heterocycles. The molecule has 10 nitrogen and oxygen atoms in total. The van der Waals surface area contributed by atoms with Gasteiger partial charge in [0.15, 0.2) is 0 Å². The van der Waals surface area contributed by atoms with Crippen LogP contribution in [0.3, 0.4) is 0 Å². The number of hydrogen-bond acceptors (Lipinski definition) is 6. The van der Waals surface area contributed by atoms with E-state index >= 15 is 0 Å². The van der Waals surface area contributed by atoms with Gasteiger partial charge in [0.2, 0.25) is 10.0 Å². The maximum atomic E-state index is 12.5. The Morgan fingerprint density at radius 3 is 2.43 bits per heavy atom. The number of hydroxylamine groups is 1. The number of carbonyl (C=O) groups excluding carboxylic acids is 2. The SMILES string of the molecule is COc1ccc(S(=O)(=O)N[C@@H](CCCNC(=O)NC2CCCCC2)C(=O)NO)cc1. The molecule has 0 aromatic heterocycles. The fourth-order valence-electron chi connectivity index (χ4n) is 3.32. The van der Waals surface area contributed by atoms with Crippen LogP contribution in [0.4, 0.5) is 4.79 Å². The van der Waals surface area contributed by atoms with Crippen LogP contribution in [0.2, 0.25) is 0 Å².